The first-order valence-corrected chi connectivity index (χ1v) is 8.90. The van der Waals surface area contributed by atoms with E-state index in [1.54, 1.807) is 18.2 Å². The van der Waals surface area contributed by atoms with Crippen molar-refractivity contribution in [3.63, 3.8) is 0 Å². The van der Waals surface area contributed by atoms with Gasteiger partial charge in [-0.2, -0.15) is 0 Å². The van der Waals surface area contributed by atoms with Gasteiger partial charge in [0.25, 0.3) is 0 Å². The van der Waals surface area contributed by atoms with Gasteiger partial charge in [-0.1, -0.05) is 35.9 Å². The minimum Gasteiger partial charge on any atom is -0.481 e. The van der Waals surface area contributed by atoms with E-state index in [2.05, 4.69) is 0 Å². The van der Waals surface area contributed by atoms with Gasteiger partial charge in [-0.15, -0.1) is 0 Å². The van der Waals surface area contributed by atoms with E-state index >= 15 is 0 Å². The van der Waals surface area contributed by atoms with Crippen LogP contribution in [-0.2, 0) is 6.61 Å². The number of fused-ring (bicyclic) bond motifs is 1. The van der Waals surface area contributed by atoms with E-state index in [0.29, 0.717) is 21.8 Å². The molecule has 2 aromatic carbocycles. The Bertz CT molecular complexity index is 1170. The molecule has 2 heterocycles. The van der Waals surface area contributed by atoms with Crippen molar-refractivity contribution in [2.75, 3.05) is 0 Å². The van der Waals surface area contributed by atoms with Gasteiger partial charge in [-0.25, -0.2) is 0 Å². The van der Waals surface area contributed by atoms with Gasteiger partial charge >= 0.3 is 0 Å². The van der Waals surface area contributed by atoms with Crippen molar-refractivity contribution in [2.24, 2.45) is 0 Å². The molecule has 136 valence electrons. The quantitative estimate of drug-likeness (QED) is 0.442. The molecule has 0 fully saturated rings. The van der Waals surface area contributed by atoms with E-state index in [1.807, 2.05) is 44.2 Å². The number of ether oxygens (including phenoxy) is 1. The molecule has 0 aliphatic rings. The summed E-state index contributed by atoms with van der Waals surface area (Å²) >= 11 is 6.21. The molecule has 0 aliphatic carbocycles. The summed E-state index contributed by atoms with van der Waals surface area (Å²) in [6.45, 7) is 4.00. The number of hydrogen-bond donors (Lipinski definition) is 0. The minimum atomic E-state index is -0.235. The van der Waals surface area contributed by atoms with Crippen LogP contribution in [0.3, 0.4) is 0 Å². The lowest BCUT2D eigenvalue weighted by Crippen LogP contribution is -2.11. The Labute approximate surface area is 160 Å². The van der Waals surface area contributed by atoms with Crippen molar-refractivity contribution in [3.05, 3.63) is 86.7 Å². The van der Waals surface area contributed by atoms with E-state index in [9.17, 15) is 4.79 Å². The Hall–Kier alpha value is -2.98. The fourth-order valence-corrected chi connectivity index (χ4v) is 3.29. The van der Waals surface area contributed by atoms with Gasteiger partial charge in [0.05, 0.1) is 11.6 Å². The van der Waals surface area contributed by atoms with Crippen LogP contribution in [0.4, 0.5) is 0 Å². The van der Waals surface area contributed by atoms with Gasteiger partial charge < -0.3 is 13.6 Å². The van der Waals surface area contributed by atoms with Crippen molar-refractivity contribution in [2.45, 2.75) is 20.5 Å². The first-order valence-electron chi connectivity index (χ1n) is 8.52. The highest BCUT2D eigenvalue weighted by atomic mass is 35.5. The van der Waals surface area contributed by atoms with Crippen molar-refractivity contribution in [1.82, 2.24) is 0 Å². The summed E-state index contributed by atoms with van der Waals surface area (Å²) in [5.74, 6) is 0.821. The number of hydrogen-bond acceptors (Lipinski definition) is 4. The molecular formula is C22H17ClO4. The van der Waals surface area contributed by atoms with Gasteiger partial charge in [0, 0.05) is 10.6 Å². The summed E-state index contributed by atoms with van der Waals surface area (Å²) in [6.07, 6.45) is 1.53. The third-order valence-corrected chi connectivity index (χ3v) is 4.72. The van der Waals surface area contributed by atoms with Crippen molar-refractivity contribution in [1.29, 1.82) is 0 Å². The Balaban J connectivity index is 1.89. The summed E-state index contributed by atoms with van der Waals surface area (Å²) in [4.78, 5) is 13.2. The first kappa shape index (κ1) is 17.4. The molecular weight excluding hydrogens is 364 g/mol. The Kier molecular flexibility index (Phi) is 4.50. The molecule has 0 amide bonds. The Morgan fingerprint density at radius 3 is 2.63 bits per heavy atom. The molecule has 2 aromatic heterocycles. The lowest BCUT2D eigenvalue weighted by molar-refractivity contribution is 0.296. The molecule has 0 spiro atoms. The molecule has 0 unspecified atom stereocenters. The maximum Gasteiger partial charge on any atom is 0.235 e. The van der Waals surface area contributed by atoms with Crippen LogP contribution in [0.1, 0.15) is 16.7 Å². The average Bonchev–Trinajstić information content (AvgIpc) is 3.17. The standard InChI is InChI=1S/C22H17ClO4/c1-13-10-14(2)20-16(11-13)19(24)22(21(27-20)18-8-5-9-25-18)26-12-15-6-3-4-7-17(15)23/h3-11H,12H2,1-2H3. The highest BCUT2D eigenvalue weighted by Crippen LogP contribution is 2.33. The molecule has 4 aromatic rings. The molecule has 4 nitrogen and oxygen atoms in total. The molecule has 0 N–H and O–H groups in total. The van der Waals surface area contributed by atoms with Crippen LogP contribution in [0.25, 0.3) is 22.5 Å². The number of furan rings is 1. The second-order valence-corrected chi connectivity index (χ2v) is 6.81. The van der Waals surface area contributed by atoms with Gasteiger partial charge in [0.15, 0.2) is 5.76 Å². The minimum absolute atomic E-state index is 0.113. The van der Waals surface area contributed by atoms with Crippen LogP contribution >= 0.6 is 11.6 Å². The molecule has 4 rings (SSSR count). The summed E-state index contributed by atoms with van der Waals surface area (Å²) in [7, 11) is 0. The number of halogens is 1. The van der Waals surface area contributed by atoms with Gasteiger partial charge in [-0.3, -0.25) is 4.79 Å². The zero-order chi connectivity index (χ0) is 19.0. The third-order valence-electron chi connectivity index (χ3n) is 4.35. The normalized spacial score (nSPS) is 11.1. The predicted octanol–water partition coefficient (Wildman–Crippen LogP) is 5.90. The Morgan fingerprint density at radius 1 is 1.07 bits per heavy atom. The molecule has 0 saturated heterocycles. The maximum absolute atomic E-state index is 13.2. The van der Waals surface area contributed by atoms with E-state index in [-0.39, 0.29) is 23.5 Å². The molecule has 0 saturated carbocycles. The van der Waals surface area contributed by atoms with Crippen LogP contribution in [0.2, 0.25) is 5.02 Å². The fraction of sp³-hybridized carbons (Fsp3) is 0.136. The SMILES string of the molecule is Cc1cc(C)c2oc(-c3ccco3)c(OCc3ccccc3Cl)c(=O)c2c1. The zero-order valence-electron chi connectivity index (χ0n) is 14.9. The fourth-order valence-electron chi connectivity index (χ4n) is 3.10. The van der Waals surface area contributed by atoms with E-state index in [0.717, 1.165) is 16.7 Å². The second kappa shape index (κ2) is 6.97. The topological polar surface area (TPSA) is 52.6 Å². The van der Waals surface area contributed by atoms with Gasteiger partial charge in [-0.05, 0) is 49.2 Å². The average molecular weight is 381 g/mol. The Morgan fingerprint density at radius 2 is 1.89 bits per heavy atom. The largest absolute Gasteiger partial charge is 0.481 e. The molecule has 0 atom stereocenters. The number of aryl methyl sites for hydroxylation is 2. The van der Waals surface area contributed by atoms with Crippen LogP contribution in [-0.4, -0.2) is 0 Å². The molecule has 0 radical (unpaired) electrons. The molecule has 0 aliphatic heterocycles. The molecule has 0 bridgehead atoms. The predicted molar refractivity (Wildman–Crippen MR) is 105 cm³/mol. The smallest absolute Gasteiger partial charge is 0.235 e. The van der Waals surface area contributed by atoms with Crippen molar-refractivity contribution in [3.8, 4) is 17.3 Å². The van der Waals surface area contributed by atoms with Crippen LogP contribution in [0.5, 0.6) is 5.75 Å². The van der Waals surface area contributed by atoms with Crippen molar-refractivity contribution < 1.29 is 13.6 Å². The highest BCUT2D eigenvalue weighted by Gasteiger charge is 2.21. The number of rotatable bonds is 4. The zero-order valence-corrected chi connectivity index (χ0v) is 15.7. The summed E-state index contributed by atoms with van der Waals surface area (Å²) in [5, 5.41) is 1.06. The van der Waals surface area contributed by atoms with Gasteiger partial charge in [0.1, 0.15) is 12.2 Å². The van der Waals surface area contributed by atoms with Crippen LogP contribution < -0.4 is 10.2 Å². The van der Waals surface area contributed by atoms with Crippen molar-refractivity contribution >= 4 is 22.6 Å². The first-order chi connectivity index (χ1) is 13.0. The van der Waals surface area contributed by atoms with E-state index in [4.69, 9.17) is 25.2 Å². The molecule has 27 heavy (non-hydrogen) atoms. The lowest BCUT2D eigenvalue weighted by Gasteiger charge is -2.12. The molecule has 5 heteroatoms. The maximum atomic E-state index is 13.2. The summed E-state index contributed by atoms with van der Waals surface area (Å²) in [6, 6.07) is 14.6. The van der Waals surface area contributed by atoms with Crippen LogP contribution in [0.15, 0.2) is 68.4 Å². The lowest BCUT2D eigenvalue weighted by atomic mass is 10.1. The van der Waals surface area contributed by atoms with Crippen LogP contribution in [0, 0.1) is 13.8 Å². The number of benzene rings is 2. The van der Waals surface area contributed by atoms with E-state index < -0.39 is 0 Å². The van der Waals surface area contributed by atoms with E-state index in [1.165, 1.54) is 6.26 Å². The van der Waals surface area contributed by atoms with Gasteiger partial charge in [0.2, 0.25) is 16.9 Å². The highest BCUT2D eigenvalue weighted by molar-refractivity contribution is 6.31. The second-order valence-electron chi connectivity index (χ2n) is 6.41. The summed E-state index contributed by atoms with van der Waals surface area (Å²) in [5.41, 5.74) is 2.94. The summed E-state index contributed by atoms with van der Waals surface area (Å²) < 4.78 is 17.4. The monoisotopic (exact) mass is 380 g/mol. The third kappa shape index (κ3) is 3.24.